The van der Waals surface area contributed by atoms with Crippen molar-refractivity contribution in [3.05, 3.63) is 107 Å². The zero-order valence-electron chi connectivity index (χ0n) is 27.0. The second-order valence-corrected chi connectivity index (χ2v) is 11.2. The fourth-order valence-corrected chi connectivity index (χ4v) is 5.45. The minimum Gasteiger partial charge on any atom is -0.0949 e. The zero-order chi connectivity index (χ0) is 29.5. The number of hydrogen-bond acceptors (Lipinski definition) is 0. The summed E-state index contributed by atoms with van der Waals surface area (Å²) in [5.74, 6) is 0.844. The Hall–Kier alpha value is -2.60. The highest BCUT2D eigenvalue weighted by atomic mass is 14.5. The van der Waals surface area contributed by atoms with Crippen molar-refractivity contribution < 1.29 is 0 Å². The number of fused-ring (bicyclic) bond motifs is 1. The third-order valence-electron chi connectivity index (χ3n) is 8.08. The van der Waals surface area contributed by atoms with Crippen LogP contribution in [0.4, 0.5) is 0 Å². The van der Waals surface area contributed by atoms with Crippen LogP contribution >= 0.6 is 0 Å². The summed E-state index contributed by atoms with van der Waals surface area (Å²) in [7, 11) is 0. The Bertz CT molecular complexity index is 1080. The zero-order valence-corrected chi connectivity index (χ0v) is 27.0. The van der Waals surface area contributed by atoms with Gasteiger partial charge in [-0.25, -0.2) is 0 Å². The molecule has 39 heavy (non-hydrogen) atoms. The van der Waals surface area contributed by atoms with Crippen molar-refractivity contribution in [1.82, 2.24) is 0 Å². The minimum atomic E-state index is -0.0426. The molecule has 2 aliphatic rings. The molecular weight excluding hydrogens is 468 g/mol. The van der Waals surface area contributed by atoms with E-state index in [0.717, 1.165) is 31.6 Å². The number of benzene rings is 1. The van der Waals surface area contributed by atoms with Crippen molar-refractivity contribution >= 4 is 11.6 Å². The van der Waals surface area contributed by atoms with Gasteiger partial charge in [0, 0.05) is 5.41 Å². The quantitative estimate of drug-likeness (QED) is 0.233. The Morgan fingerprint density at radius 2 is 1.74 bits per heavy atom. The molecule has 214 valence electrons. The second kappa shape index (κ2) is 17.2. The van der Waals surface area contributed by atoms with Gasteiger partial charge in [-0.2, -0.15) is 0 Å². The molecule has 0 heterocycles. The Morgan fingerprint density at radius 1 is 1.05 bits per heavy atom. The molecule has 0 bridgehead atoms. The first-order chi connectivity index (χ1) is 18.7. The average Bonchev–Trinajstić information content (AvgIpc) is 3.66. The summed E-state index contributed by atoms with van der Waals surface area (Å²) >= 11 is 0. The molecule has 2 atom stereocenters. The Kier molecular flexibility index (Phi) is 15.2. The Balaban J connectivity index is 0.000000654. The molecule has 0 amide bonds. The highest BCUT2D eigenvalue weighted by Crippen LogP contribution is 2.59. The maximum atomic E-state index is 4.43. The number of allylic oxidation sites excluding steroid dienone is 12. The molecule has 0 spiro atoms. The lowest BCUT2D eigenvalue weighted by Gasteiger charge is -2.33. The van der Waals surface area contributed by atoms with E-state index in [2.05, 4.69) is 141 Å². The van der Waals surface area contributed by atoms with Gasteiger partial charge in [0.25, 0.3) is 0 Å². The van der Waals surface area contributed by atoms with Gasteiger partial charge in [-0.15, -0.1) is 0 Å². The van der Waals surface area contributed by atoms with Crippen LogP contribution in [0.3, 0.4) is 0 Å². The second-order valence-electron chi connectivity index (χ2n) is 11.2. The molecule has 0 aliphatic heterocycles. The van der Waals surface area contributed by atoms with Crippen LogP contribution in [-0.2, 0) is 5.41 Å². The van der Waals surface area contributed by atoms with Crippen LogP contribution in [0, 0.1) is 11.3 Å². The standard InChI is InChI=1S/C29H38.C8H14.C2H6/c1-7-10-19-29(21-24(29)9-3)20-18-25-16-11-14-22(4)27-23(13-8-2)15-12-17-26(27)28(25,5)6;1-4-6-7-8(3)5-2;1-2/h8,10-13,15-19,24H,4,7,9,14,20-21H2,1-3,5-6H3;5-7H,4H2,1-3H3;1-2H3/b13-8-,16-11-,19-10?,25-18+;7-6-,8-5-;. The molecule has 0 aromatic heterocycles. The SMILES string of the molecule is C/C=C(C)\C=C/CC.C=C1C/C=C\C(=C/CC2(C=CCC)CC2CC)C(C)(C)c2cccc(/C=C\C)c21.CC. The van der Waals surface area contributed by atoms with E-state index in [1.807, 2.05) is 13.8 Å². The molecule has 0 N–H and O–H groups in total. The summed E-state index contributed by atoms with van der Waals surface area (Å²) in [6.07, 6.45) is 29.8. The summed E-state index contributed by atoms with van der Waals surface area (Å²) in [5.41, 5.74) is 8.37. The van der Waals surface area contributed by atoms with E-state index in [4.69, 9.17) is 0 Å². The average molecular weight is 527 g/mol. The normalized spacial score (nSPS) is 24.1. The molecule has 1 aromatic carbocycles. The predicted molar refractivity (Wildman–Crippen MR) is 180 cm³/mol. The van der Waals surface area contributed by atoms with E-state index in [1.165, 1.54) is 46.3 Å². The monoisotopic (exact) mass is 526 g/mol. The predicted octanol–water partition coefficient (Wildman–Crippen LogP) is 12.6. The van der Waals surface area contributed by atoms with Crippen molar-refractivity contribution in [1.29, 1.82) is 0 Å². The van der Waals surface area contributed by atoms with E-state index in [9.17, 15) is 0 Å². The van der Waals surface area contributed by atoms with Crippen molar-refractivity contribution in [2.45, 2.75) is 113 Å². The molecule has 2 unspecified atom stereocenters. The molecule has 1 fully saturated rings. The van der Waals surface area contributed by atoms with E-state index in [-0.39, 0.29) is 5.41 Å². The Labute approximate surface area is 243 Å². The van der Waals surface area contributed by atoms with Crippen molar-refractivity contribution in [3.63, 3.8) is 0 Å². The Morgan fingerprint density at radius 3 is 2.31 bits per heavy atom. The van der Waals surface area contributed by atoms with Crippen LogP contribution in [0.5, 0.6) is 0 Å². The van der Waals surface area contributed by atoms with Crippen LogP contribution in [0.2, 0.25) is 0 Å². The van der Waals surface area contributed by atoms with Crippen LogP contribution in [0.25, 0.3) is 11.6 Å². The lowest BCUT2D eigenvalue weighted by molar-refractivity contribution is 0.552. The van der Waals surface area contributed by atoms with Crippen molar-refractivity contribution in [2.24, 2.45) is 11.3 Å². The number of rotatable bonds is 8. The van der Waals surface area contributed by atoms with Gasteiger partial charge >= 0.3 is 0 Å². The molecule has 1 aromatic rings. The van der Waals surface area contributed by atoms with Gasteiger partial charge in [0.1, 0.15) is 0 Å². The van der Waals surface area contributed by atoms with E-state index >= 15 is 0 Å². The summed E-state index contributed by atoms with van der Waals surface area (Å²) in [6, 6.07) is 6.72. The molecular formula is C39H58. The van der Waals surface area contributed by atoms with E-state index < -0.39 is 0 Å². The summed E-state index contributed by atoms with van der Waals surface area (Å²) in [6.45, 7) is 26.1. The first-order valence-electron chi connectivity index (χ1n) is 15.5. The summed E-state index contributed by atoms with van der Waals surface area (Å²) < 4.78 is 0. The summed E-state index contributed by atoms with van der Waals surface area (Å²) in [4.78, 5) is 0. The fraction of sp³-hybridized carbons (Fsp3) is 0.487. The topological polar surface area (TPSA) is 0 Å². The van der Waals surface area contributed by atoms with E-state index in [0.29, 0.717) is 5.41 Å². The van der Waals surface area contributed by atoms with Gasteiger partial charge in [-0.3, -0.25) is 0 Å². The molecule has 2 aliphatic carbocycles. The molecule has 0 heteroatoms. The van der Waals surface area contributed by atoms with Gasteiger partial charge in [0.05, 0.1) is 0 Å². The van der Waals surface area contributed by atoms with Gasteiger partial charge in [0.2, 0.25) is 0 Å². The fourth-order valence-electron chi connectivity index (χ4n) is 5.45. The van der Waals surface area contributed by atoms with Gasteiger partial charge in [-0.1, -0.05) is 146 Å². The van der Waals surface area contributed by atoms with E-state index in [1.54, 1.807) is 0 Å². The highest BCUT2D eigenvalue weighted by molar-refractivity contribution is 5.78. The molecule has 1 saturated carbocycles. The molecule has 0 saturated heterocycles. The molecule has 0 nitrogen and oxygen atoms in total. The van der Waals surface area contributed by atoms with Crippen LogP contribution in [0.15, 0.2) is 90.6 Å². The van der Waals surface area contributed by atoms with Crippen molar-refractivity contribution in [2.75, 3.05) is 0 Å². The lowest BCUT2D eigenvalue weighted by atomic mass is 9.71. The van der Waals surface area contributed by atoms with Crippen molar-refractivity contribution in [3.8, 4) is 0 Å². The van der Waals surface area contributed by atoms with Gasteiger partial charge in [-0.05, 0) is 92.0 Å². The third kappa shape index (κ3) is 9.52. The largest absolute Gasteiger partial charge is 0.0949 e. The maximum absolute atomic E-state index is 4.43. The molecule has 0 radical (unpaired) electrons. The van der Waals surface area contributed by atoms with Crippen LogP contribution in [-0.4, -0.2) is 0 Å². The minimum absolute atomic E-state index is 0.0426. The first-order valence-corrected chi connectivity index (χ1v) is 15.5. The number of hydrogen-bond donors (Lipinski definition) is 0. The van der Waals surface area contributed by atoms with Crippen LogP contribution < -0.4 is 0 Å². The molecule has 3 rings (SSSR count). The third-order valence-corrected chi connectivity index (χ3v) is 8.08. The smallest absolute Gasteiger partial charge is 0.0149 e. The van der Waals surface area contributed by atoms with Gasteiger partial charge < -0.3 is 0 Å². The highest BCUT2D eigenvalue weighted by Gasteiger charge is 2.49. The van der Waals surface area contributed by atoms with Crippen LogP contribution in [0.1, 0.15) is 124 Å². The summed E-state index contributed by atoms with van der Waals surface area (Å²) in [5, 5.41) is 0. The maximum Gasteiger partial charge on any atom is 0.0149 e. The lowest BCUT2D eigenvalue weighted by Crippen LogP contribution is -2.23. The van der Waals surface area contributed by atoms with Gasteiger partial charge in [0.15, 0.2) is 0 Å². The first kappa shape index (κ1) is 34.4.